The Labute approximate surface area is 139 Å². The van der Waals surface area contributed by atoms with Crippen molar-refractivity contribution in [2.24, 2.45) is 11.8 Å². The topological polar surface area (TPSA) is 49.4 Å². The first kappa shape index (κ1) is 17.5. The normalized spacial score (nSPS) is 18.1. The van der Waals surface area contributed by atoms with Gasteiger partial charge in [-0.2, -0.15) is 0 Å². The molecular formula is C19H28N2O2. The van der Waals surface area contributed by atoms with Gasteiger partial charge in [0.05, 0.1) is 0 Å². The third kappa shape index (κ3) is 4.81. The van der Waals surface area contributed by atoms with E-state index in [4.69, 9.17) is 0 Å². The van der Waals surface area contributed by atoms with Gasteiger partial charge < -0.3 is 10.2 Å². The zero-order valence-corrected chi connectivity index (χ0v) is 14.5. The molecule has 1 N–H and O–H groups in total. The predicted molar refractivity (Wildman–Crippen MR) is 92.3 cm³/mol. The highest BCUT2D eigenvalue weighted by molar-refractivity contribution is 5.94. The summed E-state index contributed by atoms with van der Waals surface area (Å²) in [4.78, 5) is 26.2. The Morgan fingerprint density at radius 2 is 1.96 bits per heavy atom. The van der Waals surface area contributed by atoms with E-state index in [1.165, 1.54) is 5.56 Å². The molecule has 1 heterocycles. The highest BCUT2D eigenvalue weighted by atomic mass is 16.2. The van der Waals surface area contributed by atoms with E-state index < -0.39 is 0 Å². The fraction of sp³-hybridized carbons (Fsp3) is 0.579. The van der Waals surface area contributed by atoms with Crippen molar-refractivity contribution in [2.75, 3.05) is 19.6 Å². The van der Waals surface area contributed by atoms with Crippen molar-refractivity contribution in [1.29, 1.82) is 0 Å². The number of nitrogens with zero attached hydrogens (tertiary/aromatic N) is 1. The molecule has 0 aromatic heterocycles. The van der Waals surface area contributed by atoms with Gasteiger partial charge in [0.25, 0.3) is 5.91 Å². The summed E-state index contributed by atoms with van der Waals surface area (Å²) in [5.74, 6) is 0.551. The molecule has 2 rings (SSSR count). The fourth-order valence-corrected chi connectivity index (χ4v) is 2.93. The number of likely N-dealkylation sites (tertiary alicyclic amines) is 1. The SMILES string of the molecule is CCc1ccc(C(=O)N2CCCC(CNC(=O)C(C)C)C2)cc1. The lowest BCUT2D eigenvalue weighted by molar-refractivity contribution is -0.124. The Morgan fingerprint density at radius 1 is 1.26 bits per heavy atom. The number of benzene rings is 1. The molecule has 1 aliphatic heterocycles. The second-order valence-corrected chi connectivity index (χ2v) is 6.71. The second kappa shape index (κ2) is 8.14. The molecule has 1 unspecified atom stereocenters. The van der Waals surface area contributed by atoms with Gasteiger partial charge in [-0.15, -0.1) is 0 Å². The molecule has 126 valence electrons. The van der Waals surface area contributed by atoms with E-state index in [0.29, 0.717) is 12.5 Å². The molecule has 0 aliphatic carbocycles. The Hall–Kier alpha value is -1.84. The van der Waals surface area contributed by atoms with Crippen molar-refractivity contribution >= 4 is 11.8 Å². The molecule has 2 amide bonds. The lowest BCUT2D eigenvalue weighted by Gasteiger charge is -2.33. The maximum absolute atomic E-state index is 12.6. The molecule has 0 bridgehead atoms. The highest BCUT2D eigenvalue weighted by Gasteiger charge is 2.25. The number of carbonyl (C=O) groups is 2. The van der Waals surface area contributed by atoms with Crippen molar-refractivity contribution in [1.82, 2.24) is 10.2 Å². The van der Waals surface area contributed by atoms with E-state index in [1.54, 1.807) is 0 Å². The summed E-state index contributed by atoms with van der Waals surface area (Å²) in [6, 6.07) is 7.89. The minimum Gasteiger partial charge on any atom is -0.356 e. The van der Waals surface area contributed by atoms with Gasteiger partial charge >= 0.3 is 0 Å². The van der Waals surface area contributed by atoms with Crippen LogP contribution in [-0.4, -0.2) is 36.3 Å². The molecule has 4 nitrogen and oxygen atoms in total. The Kier molecular flexibility index (Phi) is 6.20. The first-order valence-corrected chi connectivity index (χ1v) is 8.67. The molecule has 1 saturated heterocycles. The summed E-state index contributed by atoms with van der Waals surface area (Å²) in [6.07, 6.45) is 3.05. The standard InChI is InChI=1S/C19H28N2O2/c1-4-15-7-9-17(10-8-15)19(23)21-11-5-6-16(13-21)12-20-18(22)14(2)3/h7-10,14,16H,4-6,11-13H2,1-3H3,(H,20,22). The maximum atomic E-state index is 12.6. The van der Waals surface area contributed by atoms with Gasteiger partial charge in [0, 0.05) is 31.1 Å². The van der Waals surface area contributed by atoms with Crippen LogP contribution >= 0.6 is 0 Å². The average molecular weight is 316 g/mol. The molecule has 0 radical (unpaired) electrons. The van der Waals surface area contributed by atoms with Gasteiger partial charge in [-0.05, 0) is 42.9 Å². The molecule has 23 heavy (non-hydrogen) atoms. The van der Waals surface area contributed by atoms with Gasteiger partial charge in [-0.3, -0.25) is 9.59 Å². The van der Waals surface area contributed by atoms with E-state index in [-0.39, 0.29) is 17.7 Å². The minimum atomic E-state index is 0.00778. The molecule has 1 fully saturated rings. The lowest BCUT2D eigenvalue weighted by Crippen LogP contribution is -2.44. The maximum Gasteiger partial charge on any atom is 0.253 e. The number of nitrogens with one attached hydrogen (secondary N) is 1. The van der Waals surface area contributed by atoms with E-state index in [1.807, 2.05) is 43.0 Å². The first-order valence-electron chi connectivity index (χ1n) is 8.67. The van der Waals surface area contributed by atoms with Crippen molar-refractivity contribution in [3.05, 3.63) is 35.4 Å². The largest absolute Gasteiger partial charge is 0.356 e. The molecular weight excluding hydrogens is 288 g/mol. The van der Waals surface area contributed by atoms with E-state index >= 15 is 0 Å². The number of hydrogen-bond acceptors (Lipinski definition) is 2. The monoisotopic (exact) mass is 316 g/mol. The third-order valence-corrected chi connectivity index (χ3v) is 4.50. The first-order chi connectivity index (χ1) is 11.0. The van der Waals surface area contributed by atoms with Gasteiger partial charge in [0.15, 0.2) is 0 Å². The predicted octanol–water partition coefficient (Wildman–Crippen LogP) is 2.87. The van der Waals surface area contributed by atoms with Crippen LogP contribution in [-0.2, 0) is 11.2 Å². The van der Waals surface area contributed by atoms with Crippen LogP contribution in [0.2, 0.25) is 0 Å². The van der Waals surface area contributed by atoms with Crippen molar-refractivity contribution in [2.45, 2.75) is 40.0 Å². The molecule has 0 saturated carbocycles. The summed E-state index contributed by atoms with van der Waals surface area (Å²) in [5.41, 5.74) is 2.00. The van der Waals surface area contributed by atoms with Crippen LogP contribution in [0.5, 0.6) is 0 Å². The van der Waals surface area contributed by atoms with Crippen LogP contribution in [0, 0.1) is 11.8 Å². The number of aryl methyl sites for hydroxylation is 1. The van der Waals surface area contributed by atoms with Gasteiger partial charge in [-0.25, -0.2) is 0 Å². The molecule has 4 heteroatoms. The highest BCUT2D eigenvalue weighted by Crippen LogP contribution is 2.18. The summed E-state index contributed by atoms with van der Waals surface area (Å²) in [6.45, 7) is 8.10. The van der Waals surface area contributed by atoms with Crippen LogP contribution < -0.4 is 5.32 Å². The molecule has 1 aromatic carbocycles. The Balaban J connectivity index is 1.91. The zero-order valence-electron chi connectivity index (χ0n) is 14.5. The van der Waals surface area contributed by atoms with Gasteiger partial charge in [-0.1, -0.05) is 32.9 Å². The summed E-state index contributed by atoms with van der Waals surface area (Å²) in [5, 5.41) is 2.99. The summed E-state index contributed by atoms with van der Waals surface area (Å²) < 4.78 is 0. The average Bonchev–Trinajstić information content (AvgIpc) is 2.59. The number of piperidine rings is 1. The smallest absolute Gasteiger partial charge is 0.253 e. The van der Waals surface area contributed by atoms with Crippen molar-refractivity contribution in [3.8, 4) is 0 Å². The van der Waals surface area contributed by atoms with Gasteiger partial charge in [0.1, 0.15) is 0 Å². The Morgan fingerprint density at radius 3 is 2.57 bits per heavy atom. The van der Waals surface area contributed by atoms with E-state index in [9.17, 15) is 9.59 Å². The van der Waals surface area contributed by atoms with Crippen LogP contribution in [0.15, 0.2) is 24.3 Å². The summed E-state index contributed by atoms with van der Waals surface area (Å²) in [7, 11) is 0. The molecule has 1 aromatic rings. The number of amides is 2. The van der Waals surface area contributed by atoms with E-state index in [0.717, 1.165) is 37.9 Å². The van der Waals surface area contributed by atoms with Crippen molar-refractivity contribution in [3.63, 3.8) is 0 Å². The minimum absolute atomic E-state index is 0.00778. The lowest BCUT2D eigenvalue weighted by atomic mass is 9.97. The number of hydrogen-bond donors (Lipinski definition) is 1. The third-order valence-electron chi connectivity index (χ3n) is 4.50. The van der Waals surface area contributed by atoms with Gasteiger partial charge in [0.2, 0.25) is 5.91 Å². The molecule has 1 atom stereocenters. The van der Waals surface area contributed by atoms with Crippen LogP contribution in [0.25, 0.3) is 0 Å². The molecule has 1 aliphatic rings. The molecule has 0 spiro atoms. The quantitative estimate of drug-likeness (QED) is 0.908. The van der Waals surface area contributed by atoms with Crippen LogP contribution in [0.1, 0.15) is 49.5 Å². The van der Waals surface area contributed by atoms with E-state index in [2.05, 4.69) is 12.2 Å². The number of carbonyl (C=O) groups excluding carboxylic acids is 2. The number of rotatable bonds is 5. The van der Waals surface area contributed by atoms with Crippen molar-refractivity contribution < 1.29 is 9.59 Å². The summed E-state index contributed by atoms with van der Waals surface area (Å²) >= 11 is 0. The fourth-order valence-electron chi connectivity index (χ4n) is 2.93. The van der Waals surface area contributed by atoms with Crippen LogP contribution in [0.4, 0.5) is 0 Å². The Bertz CT molecular complexity index is 537. The second-order valence-electron chi connectivity index (χ2n) is 6.71. The zero-order chi connectivity index (χ0) is 16.8. The van der Waals surface area contributed by atoms with Crippen LogP contribution in [0.3, 0.4) is 0 Å².